The van der Waals surface area contributed by atoms with Gasteiger partial charge in [-0.15, -0.1) is 11.8 Å². The maximum absolute atomic E-state index is 12.7. The summed E-state index contributed by atoms with van der Waals surface area (Å²) in [6.07, 6.45) is 1.51. The lowest BCUT2D eigenvalue weighted by Gasteiger charge is -2.17. The normalized spacial score (nSPS) is 18.1. The monoisotopic (exact) mass is 366 g/mol. The molecule has 1 amide bonds. The van der Waals surface area contributed by atoms with Gasteiger partial charge in [0.05, 0.1) is 23.4 Å². The molecule has 0 spiro atoms. The van der Waals surface area contributed by atoms with Crippen molar-refractivity contribution in [3.8, 4) is 0 Å². The molecule has 1 N–H and O–H groups in total. The number of carbonyl (C=O) groups excluding carboxylic acids is 1. The van der Waals surface area contributed by atoms with E-state index in [1.54, 1.807) is 36.0 Å². The van der Waals surface area contributed by atoms with Crippen molar-refractivity contribution >= 4 is 33.4 Å². The first-order valence-corrected chi connectivity index (χ1v) is 9.87. The summed E-state index contributed by atoms with van der Waals surface area (Å²) in [5, 5.41) is 2.81. The number of nitrogens with one attached hydrogen (secondary N) is 1. The molecule has 2 heterocycles. The molecular formula is C16H18N2O4S2. The third kappa shape index (κ3) is 3.35. The van der Waals surface area contributed by atoms with Gasteiger partial charge in [0.15, 0.2) is 0 Å². The molecule has 2 aromatic rings. The maximum Gasteiger partial charge on any atom is 0.243 e. The van der Waals surface area contributed by atoms with Gasteiger partial charge in [0.25, 0.3) is 0 Å². The van der Waals surface area contributed by atoms with Gasteiger partial charge in [-0.2, -0.15) is 4.31 Å². The summed E-state index contributed by atoms with van der Waals surface area (Å²) >= 11 is 1.55. The fraction of sp³-hybridized carbons (Fsp3) is 0.312. The Balaban J connectivity index is 1.89. The molecule has 1 aromatic heterocycles. The second kappa shape index (κ2) is 6.62. The molecule has 8 heteroatoms. The fourth-order valence-electron chi connectivity index (χ4n) is 2.33. The number of sulfonamides is 1. The Morgan fingerprint density at radius 3 is 2.88 bits per heavy atom. The van der Waals surface area contributed by atoms with Crippen molar-refractivity contribution in [2.75, 3.05) is 18.1 Å². The molecule has 1 aromatic carbocycles. The fourth-order valence-corrected chi connectivity index (χ4v) is 4.50. The van der Waals surface area contributed by atoms with Crippen LogP contribution in [0.2, 0.25) is 0 Å². The molecule has 1 aliphatic rings. The van der Waals surface area contributed by atoms with Crippen LogP contribution in [-0.4, -0.2) is 31.4 Å². The Morgan fingerprint density at radius 2 is 2.17 bits per heavy atom. The van der Waals surface area contributed by atoms with E-state index < -0.39 is 10.0 Å². The summed E-state index contributed by atoms with van der Waals surface area (Å²) in [6.45, 7) is 1.99. The lowest BCUT2D eigenvalue weighted by Crippen LogP contribution is -2.26. The molecule has 24 heavy (non-hydrogen) atoms. The Hall–Kier alpha value is -1.77. The van der Waals surface area contributed by atoms with Crippen molar-refractivity contribution in [2.24, 2.45) is 5.92 Å². The van der Waals surface area contributed by atoms with Crippen molar-refractivity contribution in [3.05, 3.63) is 42.4 Å². The Kier molecular flexibility index (Phi) is 4.71. The maximum atomic E-state index is 12.7. The number of thioether (sulfide) groups is 1. The van der Waals surface area contributed by atoms with E-state index >= 15 is 0 Å². The van der Waals surface area contributed by atoms with E-state index in [-0.39, 0.29) is 23.3 Å². The summed E-state index contributed by atoms with van der Waals surface area (Å²) in [5.41, 5.74) is 0.543. The number of rotatable bonds is 4. The van der Waals surface area contributed by atoms with E-state index in [1.165, 1.54) is 23.7 Å². The number of carbonyl (C=O) groups is 1. The highest BCUT2D eigenvalue weighted by molar-refractivity contribution is 7.99. The molecule has 0 radical (unpaired) electrons. The van der Waals surface area contributed by atoms with Gasteiger partial charge in [-0.1, -0.05) is 6.92 Å². The van der Waals surface area contributed by atoms with Crippen LogP contribution < -0.4 is 5.32 Å². The standard InChI is InChI=1S/C16H18N2O4S2/c1-11-10-23-15-6-5-13(8-14(15)17-16(11)19)24(20,21)18(2)9-12-4-3-7-22-12/h3-8,11H,9-10H2,1-2H3,(H,17,19)/t11-/m0/s1. The SMILES string of the molecule is C[C@H]1CSc2ccc(S(=O)(=O)N(C)Cc3ccco3)cc2NC1=O. The number of anilines is 1. The average Bonchev–Trinajstić information content (AvgIpc) is 3.01. The van der Waals surface area contributed by atoms with Crippen LogP contribution in [0.5, 0.6) is 0 Å². The average molecular weight is 366 g/mol. The number of hydrogen-bond acceptors (Lipinski definition) is 5. The first-order chi connectivity index (χ1) is 11.4. The van der Waals surface area contributed by atoms with Crippen LogP contribution in [0.4, 0.5) is 5.69 Å². The Bertz CT molecular complexity index is 847. The summed E-state index contributed by atoms with van der Waals surface area (Å²) in [7, 11) is -2.18. The summed E-state index contributed by atoms with van der Waals surface area (Å²) < 4.78 is 31.9. The third-order valence-electron chi connectivity index (χ3n) is 3.81. The quantitative estimate of drug-likeness (QED) is 0.900. The molecule has 0 saturated heterocycles. The van der Waals surface area contributed by atoms with Gasteiger partial charge in [0, 0.05) is 23.6 Å². The summed E-state index contributed by atoms with van der Waals surface area (Å²) in [5.74, 6) is 1.01. The van der Waals surface area contributed by atoms with Crippen molar-refractivity contribution in [2.45, 2.75) is 23.3 Å². The largest absolute Gasteiger partial charge is 0.468 e. The zero-order valence-electron chi connectivity index (χ0n) is 13.4. The van der Waals surface area contributed by atoms with Crippen molar-refractivity contribution in [1.82, 2.24) is 4.31 Å². The lowest BCUT2D eigenvalue weighted by molar-refractivity contribution is -0.118. The van der Waals surface area contributed by atoms with E-state index in [9.17, 15) is 13.2 Å². The highest BCUT2D eigenvalue weighted by atomic mass is 32.2. The van der Waals surface area contributed by atoms with Gasteiger partial charge in [0.2, 0.25) is 15.9 Å². The zero-order valence-corrected chi connectivity index (χ0v) is 15.0. The first-order valence-electron chi connectivity index (χ1n) is 7.44. The third-order valence-corrected chi connectivity index (χ3v) is 6.95. The summed E-state index contributed by atoms with van der Waals surface area (Å²) in [6, 6.07) is 8.27. The Labute approximate surface area is 145 Å². The van der Waals surface area contributed by atoms with Crippen LogP contribution in [0.3, 0.4) is 0 Å². The molecule has 0 aliphatic carbocycles. The molecule has 3 rings (SSSR count). The lowest BCUT2D eigenvalue weighted by atomic mass is 10.2. The second-order valence-electron chi connectivity index (χ2n) is 5.70. The molecule has 6 nitrogen and oxygen atoms in total. The first kappa shape index (κ1) is 17.1. The van der Waals surface area contributed by atoms with Crippen molar-refractivity contribution < 1.29 is 17.6 Å². The van der Waals surface area contributed by atoms with Gasteiger partial charge in [-0.05, 0) is 30.3 Å². The minimum atomic E-state index is -3.68. The predicted octanol–water partition coefficient (Wildman–Crippen LogP) is 2.78. The number of benzene rings is 1. The van der Waals surface area contributed by atoms with E-state index in [1.807, 2.05) is 6.92 Å². The summed E-state index contributed by atoms with van der Waals surface area (Å²) in [4.78, 5) is 13.0. The number of hydrogen-bond donors (Lipinski definition) is 1. The minimum absolute atomic E-state index is 0.0975. The number of amides is 1. The molecule has 0 fully saturated rings. The molecule has 0 saturated carbocycles. The van der Waals surface area contributed by atoms with E-state index in [0.717, 1.165) is 4.90 Å². The van der Waals surface area contributed by atoms with Crippen LogP contribution in [0.15, 0.2) is 50.8 Å². The van der Waals surface area contributed by atoms with Crippen molar-refractivity contribution in [1.29, 1.82) is 0 Å². The van der Waals surface area contributed by atoms with E-state index in [4.69, 9.17) is 4.42 Å². The van der Waals surface area contributed by atoms with Crippen molar-refractivity contribution in [3.63, 3.8) is 0 Å². The Morgan fingerprint density at radius 1 is 1.38 bits per heavy atom. The smallest absolute Gasteiger partial charge is 0.243 e. The van der Waals surface area contributed by atoms with E-state index in [0.29, 0.717) is 17.2 Å². The van der Waals surface area contributed by atoms with Gasteiger partial charge < -0.3 is 9.73 Å². The van der Waals surface area contributed by atoms with Gasteiger partial charge in [-0.25, -0.2) is 8.42 Å². The molecule has 1 atom stereocenters. The highest BCUT2D eigenvalue weighted by Gasteiger charge is 2.25. The number of furan rings is 1. The number of fused-ring (bicyclic) bond motifs is 1. The minimum Gasteiger partial charge on any atom is -0.468 e. The molecular weight excluding hydrogens is 348 g/mol. The van der Waals surface area contributed by atoms with Gasteiger partial charge >= 0.3 is 0 Å². The van der Waals surface area contributed by atoms with Crippen LogP contribution in [0.25, 0.3) is 0 Å². The second-order valence-corrected chi connectivity index (χ2v) is 8.81. The molecule has 1 aliphatic heterocycles. The predicted molar refractivity (Wildman–Crippen MR) is 92.3 cm³/mol. The van der Waals surface area contributed by atoms with Gasteiger partial charge in [-0.3, -0.25) is 4.79 Å². The molecule has 128 valence electrons. The highest BCUT2D eigenvalue weighted by Crippen LogP contribution is 2.34. The van der Waals surface area contributed by atoms with Crippen LogP contribution in [-0.2, 0) is 21.4 Å². The van der Waals surface area contributed by atoms with Crippen LogP contribution >= 0.6 is 11.8 Å². The zero-order chi connectivity index (χ0) is 17.3. The van der Waals surface area contributed by atoms with E-state index in [2.05, 4.69) is 5.32 Å². The molecule has 0 bridgehead atoms. The van der Waals surface area contributed by atoms with Crippen LogP contribution in [0.1, 0.15) is 12.7 Å². The topological polar surface area (TPSA) is 79.6 Å². The van der Waals surface area contributed by atoms with Gasteiger partial charge in [0.1, 0.15) is 5.76 Å². The van der Waals surface area contributed by atoms with Crippen LogP contribution in [0, 0.1) is 5.92 Å². The number of nitrogens with zero attached hydrogens (tertiary/aromatic N) is 1. The molecule has 0 unspecified atom stereocenters.